The van der Waals surface area contributed by atoms with Crippen LogP contribution in [0.25, 0.3) is 0 Å². The second kappa shape index (κ2) is 4.92. The van der Waals surface area contributed by atoms with E-state index in [1.807, 2.05) is 0 Å². The molecule has 0 saturated carbocycles. The number of hydrogen-bond acceptors (Lipinski definition) is 5. The number of carboxylic acids is 2. The number of alkyl halides is 3. The van der Waals surface area contributed by atoms with Crippen LogP contribution in [0, 0.1) is 0 Å². The molecule has 0 radical (unpaired) electrons. The van der Waals surface area contributed by atoms with Gasteiger partial charge in [0, 0.05) is 0 Å². The van der Waals surface area contributed by atoms with Gasteiger partial charge < -0.3 is 14.6 Å². The number of carboxylic acid groups (broad SMARTS) is 2. The number of aromatic carboxylic acids is 2. The molecule has 21 heavy (non-hydrogen) atoms. The summed E-state index contributed by atoms with van der Waals surface area (Å²) in [5.74, 6) is -3.86. The summed E-state index contributed by atoms with van der Waals surface area (Å²) < 4.78 is 43.6. The first kappa shape index (κ1) is 14.6. The van der Waals surface area contributed by atoms with Crippen LogP contribution >= 0.6 is 0 Å². The largest absolute Gasteiger partial charge is 0.476 e. The van der Waals surface area contributed by atoms with E-state index in [4.69, 9.17) is 14.6 Å². The van der Waals surface area contributed by atoms with Gasteiger partial charge in [-0.15, -0.1) is 5.10 Å². The molecular formula is C10H6F3N3O5. The van der Waals surface area contributed by atoms with Crippen LogP contribution in [0.1, 0.15) is 32.5 Å². The Morgan fingerprint density at radius 3 is 2.38 bits per heavy atom. The van der Waals surface area contributed by atoms with Crippen molar-refractivity contribution >= 4 is 11.9 Å². The number of furan rings is 1. The minimum atomic E-state index is -4.99. The van der Waals surface area contributed by atoms with E-state index in [-0.39, 0.29) is 10.4 Å². The summed E-state index contributed by atoms with van der Waals surface area (Å²) in [5.41, 5.74) is -2.80. The maximum absolute atomic E-state index is 12.8. The molecule has 0 bridgehead atoms. The minimum Gasteiger partial charge on any atom is -0.476 e. The number of carbonyl (C=O) groups is 2. The van der Waals surface area contributed by atoms with Crippen LogP contribution < -0.4 is 0 Å². The SMILES string of the molecule is O=C(O)c1ccc(Cn2nnc(C(=O)O)c2C(F)(F)F)o1. The maximum Gasteiger partial charge on any atom is 0.435 e. The Balaban J connectivity index is 2.40. The molecule has 2 aromatic heterocycles. The Morgan fingerprint density at radius 1 is 1.24 bits per heavy atom. The number of halogens is 3. The minimum absolute atomic E-state index is 0.139. The van der Waals surface area contributed by atoms with Crippen molar-refractivity contribution in [2.75, 3.05) is 0 Å². The molecule has 0 fully saturated rings. The molecule has 2 N–H and O–H groups in total. The van der Waals surface area contributed by atoms with Crippen molar-refractivity contribution in [2.24, 2.45) is 0 Å². The zero-order valence-electron chi connectivity index (χ0n) is 9.96. The Bertz CT molecular complexity index is 703. The number of nitrogens with zero attached hydrogens (tertiary/aromatic N) is 3. The molecule has 0 unspecified atom stereocenters. The molecule has 0 saturated heterocycles. The monoisotopic (exact) mass is 305 g/mol. The molecule has 0 atom stereocenters. The summed E-state index contributed by atoms with van der Waals surface area (Å²) in [6.45, 7) is -0.609. The van der Waals surface area contributed by atoms with Gasteiger partial charge in [-0.25, -0.2) is 14.3 Å². The van der Waals surface area contributed by atoms with Gasteiger partial charge in [-0.05, 0) is 12.1 Å². The number of aromatic nitrogens is 3. The van der Waals surface area contributed by atoms with Gasteiger partial charge in [-0.3, -0.25) is 0 Å². The highest BCUT2D eigenvalue weighted by molar-refractivity contribution is 5.86. The zero-order valence-corrected chi connectivity index (χ0v) is 9.96. The molecular weight excluding hydrogens is 299 g/mol. The lowest BCUT2D eigenvalue weighted by Crippen LogP contribution is -2.18. The molecule has 11 heteroatoms. The zero-order chi connectivity index (χ0) is 15.8. The third-order valence-electron chi connectivity index (χ3n) is 2.38. The van der Waals surface area contributed by atoms with Crippen molar-refractivity contribution in [3.05, 3.63) is 35.0 Å². The third-order valence-corrected chi connectivity index (χ3v) is 2.38. The highest BCUT2D eigenvalue weighted by Gasteiger charge is 2.41. The average Bonchev–Trinajstić information content (AvgIpc) is 2.94. The van der Waals surface area contributed by atoms with Gasteiger partial charge in [0.2, 0.25) is 11.5 Å². The molecule has 8 nitrogen and oxygen atoms in total. The lowest BCUT2D eigenvalue weighted by atomic mass is 10.3. The van der Waals surface area contributed by atoms with E-state index >= 15 is 0 Å². The van der Waals surface area contributed by atoms with Crippen LogP contribution in [0.2, 0.25) is 0 Å². The Kier molecular flexibility index (Phi) is 3.41. The molecule has 0 aromatic carbocycles. The van der Waals surface area contributed by atoms with E-state index < -0.39 is 41.8 Å². The first-order chi connectivity index (χ1) is 9.70. The smallest absolute Gasteiger partial charge is 0.435 e. The van der Waals surface area contributed by atoms with Gasteiger partial charge in [0.15, 0.2) is 5.69 Å². The van der Waals surface area contributed by atoms with Gasteiger partial charge in [-0.2, -0.15) is 13.2 Å². The average molecular weight is 305 g/mol. The second-order valence-corrected chi connectivity index (χ2v) is 3.82. The summed E-state index contributed by atoms with van der Waals surface area (Å²) in [7, 11) is 0. The fourth-order valence-corrected chi connectivity index (χ4v) is 1.57. The van der Waals surface area contributed by atoms with Crippen LogP contribution in [0.5, 0.6) is 0 Å². The van der Waals surface area contributed by atoms with Gasteiger partial charge in [-0.1, -0.05) is 5.21 Å². The van der Waals surface area contributed by atoms with Crippen molar-refractivity contribution in [1.82, 2.24) is 15.0 Å². The molecule has 0 aliphatic carbocycles. The summed E-state index contributed by atoms with van der Waals surface area (Å²) in [4.78, 5) is 21.3. The van der Waals surface area contributed by atoms with E-state index in [0.717, 1.165) is 12.1 Å². The van der Waals surface area contributed by atoms with Crippen LogP contribution in [0.4, 0.5) is 13.2 Å². The van der Waals surface area contributed by atoms with Crippen LogP contribution in [0.3, 0.4) is 0 Å². The van der Waals surface area contributed by atoms with E-state index in [0.29, 0.717) is 0 Å². The highest BCUT2D eigenvalue weighted by atomic mass is 19.4. The molecule has 2 rings (SSSR count). The van der Waals surface area contributed by atoms with E-state index in [1.165, 1.54) is 0 Å². The summed E-state index contributed by atoms with van der Waals surface area (Å²) in [5, 5.41) is 23.4. The first-order valence-electron chi connectivity index (χ1n) is 5.26. The lowest BCUT2D eigenvalue weighted by Gasteiger charge is -2.08. The maximum atomic E-state index is 12.8. The third kappa shape index (κ3) is 2.85. The predicted molar refractivity (Wildman–Crippen MR) is 56.8 cm³/mol. The van der Waals surface area contributed by atoms with Gasteiger partial charge >= 0.3 is 18.1 Å². The fourth-order valence-electron chi connectivity index (χ4n) is 1.57. The van der Waals surface area contributed by atoms with Crippen molar-refractivity contribution in [2.45, 2.75) is 12.7 Å². The molecule has 0 amide bonds. The highest BCUT2D eigenvalue weighted by Crippen LogP contribution is 2.31. The van der Waals surface area contributed by atoms with Crippen molar-refractivity contribution < 1.29 is 37.4 Å². The molecule has 0 spiro atoms. The fraction of sp³-hybridized carbons (Fsp3) is 0.200. The summed E-state index contributed by atoms with van der Waals surface area (Å²) in [6.07, 6.45) is -4.99. The normalized spacial score (nSPS) is 11.6. The first-order valence-corrected chi connectivity index (χ1v) is 5.26. The molecule has 0 aliphatic rings. The Hall–Kier alpha value is -2.85. The number of hydrogen-bond donors (Lipinski definition) is 2. The Labute approximate surface area is 113 Å². The topological polar surface area (TPSA) is 118 Å². The van der Waals surface area contributed by atoms with Crippen molar-refractivity contribution in [3.63, 3.8) is 0 Å². The molecule has 2 heterocycles. The Morgan fingerprint density at radius 2 is 1.90 bits per heavy atom. The van der Waals surface area contributed by atoms with Crippen LogP contribution in [-0.2, 0) is 12.7 Å². The lowest BCUT2D eigenvalue weighted by molar-refractivity contribution is -0.144. The summed E-state index contributed by atoms with van der Waals surface area (Å²) >= 11 is 0. The molecule has 2 aromatic rings. The quantitative estimate of drug-likeness (QED) is 0.874. The standard InChI is InChI=1S/C10H6F3N3O5/c11-10(12,13)7-6(9(19)20)14-15-16(7)3-4-1-2-5(21-4)8(17)18/h1-2H,3H2,(H,17,18)(H,19,20). The predicted octanol–water partition coefficient (Wildman–Crippen LogP) is 1.33. The van der Waals surface area contributed by atoms with Crippen molar-refractivity contribution in [1.29, 1.82) is 0 Å². The number of rotatable bonds is 4. The van der Waals surface area contributed by atoms with Gasteiger partial charge in [0.05, 0.1) is 0 Å². The van der Waals surface area contributed by atoms with Gasteiger partial charge in [0.1, 0.15) is 12.3 Å². The molecule has 112 valence electrons. The van der Waals surface area contributed by atoms with Gasteiger partial charge in [0.25, 0.3) is 0 Å². The second-order valence-electron chi connectivity index (χ2n) is 3.82. The van der Waals surface area contributed by atoms with Crippen LogP contribution in [0.15, 0.2) is 16.5 Å². The summed E-state index contributed by atoms with van der Waals surface area (Å²) in [6, 6.07) is 2.20. The van der Waals surface area contributed by atoms with Crippen LogP contribution in [-0.4, -0.2) is 37.1 Å². The van der Waals surface area contributed by atoms with E-state index in [2.05, 4.69) is 10.3 Å². The van der Waals surface area contributed by atoms with Crippen molar-refractivity contribution in [3.8, 4) is 0 Å². The van der Waals surface area contributed by atoms with E-state index in [1.54, 1.807) is 0 Å². The van der Waals surface area contributed by atoms with E-state index in [9.17, 15) is 22.8 Å². The molecule has 0 aliphatic heterocycles.